The molecule has 1 aromatic carbocycles. The van der Waals surface area contributed by atoms with Gasteiger partial charge in [-0.15, -0.1) is 0 Å². The van der Waals surface area contributed by atoms with Gasteiger partial charge in [0.1, 0.15) is 11.4 Å². The summed E-state index contributed by atoms with van der Waals surface area (Å²) in [5.41, 5.74) is 0.626. The molecule has 24 heavy (non-hydrogen) atoms. The smallest absolute Gasteiger partial charge is 0.310 e. The van der Waals surface area contributed by atoms with Crippen LogP contribution in [0.15, 0.2) is 22.7 Å². The van der Waals surface area contributed by atoms with E-state index < -0.39 is 5.60 Å². The molecular formula is C19H28BrNO3. The Morgan fingerprint density at radius 2 is 2.08 bits per heavy atom. The molecule has 2 atom stereocenters. The van der Waals surface area contributed by atoms with Crippen LogP contribution in [0.4, 0.5) is 0 Å². The number of halogens is 1. The first kappa shape index (κ1) is 19.3. The lowest BCUT2D eigenvalue weighted by molar-refractivity contribution is -0.161. The van der Waals surface area contributed by atoms with Crippen molar-refractivity contribution in [2.45, 2.75) is 39.2 Å². The molecule has 1 aromatic rings. The molecule has 0 unspecified atom stereocenters. The summed E-state index contributed by atoms with van der Waals surface area (Å²) in [6.07, 6.45) is 1.70. The Bertz CT molecular complexity index is 582. The van der Waals surface area contributed by atoms with E-state index in [1.54, 1.807) is 7.11 Å². The van der Waals surface area contributed by atoms with Gasteiger partial charge in [0.2, 0.25) is 0 Å². The number of carbonyl (C=O) groups is 1. The van der Waals surface area contributed by atoms with Gasteiger partial charge < -0.3 is 14.4 Å². The van der Waals surface area contributed by atoms with Gasteiger partial charge in [0.05, 0.1) is 13.0 Å². The fourth-order valence-corrected chi connectivity index (χ4v) is 3.75. The van der Waals surface area contributed by atoms with E-state index in [4.69, 9.17) is 9.47 Å². The van der Waals surface area contributed by atoms with Gasteiger partial charge in [-0.1, -0.05) is 15.9 Å². The fraction of sp³-hybridized carbons (Fsp3) is 0.632. The minimum absolute atomic E-state index is 0.0956. The largest absolute Gasteiger partial charge is 0.497 e. The highest BCUT2D eigenvalue weighted by Crippen LogP contribution is 2.31. The lowest BCUT2D eigenvalue weighted by atomic mass is 9.86. The van der Waals surface area contributed by atoms with Gasteiger partial charge in [-0.3, -0.25) is 4.79 Å². The van der Waals surface area contributed by atoms with Crippen LogP contribution in [0, 0.1) is 11.8 Å². The second-order valence-corrected chi connectivity index (χ2v) is 8.57. The van der Waals surface area contributed by atoms with Crippen LogP contribution in [0.25, 0.3) is 0 Å². The summed E-state index contributed by atoms with van der Waals surface area (Å²) in [5.74, 6) is 0.899. The first-order valence-electron chi connectivity index (χ1n) is 8.43. The van der Waals surface area contributed by atoms with Crippen molar-refractivity contribution in [3.05, 3.63) is 28.2 Å². The normalized spacial score (nSPS) is 20.0. The van der Waals surface area contributed by atoms with Crippen LogP contribution < -0.4 is 4.74 Å². The van der Waals surface area contributed by atoms with Gasteiger partial charge in [-0.25, -0.2) is 0 Å². The molecule has 1 aliphatic rings. The Morgan fingerprint density at radius 3 is 2.62 bits per heavy atom. The standard InChI is InChI=1S/C19H28BrNO3/c1-19(2,3)24-18(22)17(14-6-7-21(4)12-14)10-13-8-15(20)11-16(9-13)23-5/h8-9,11,14,17H,6-7,10,12H2,1-5H3/t14-,17-/m0/s1. The van der Waals surface area contributed by atoms with Gasteiger partial charge in [0.25, 0.3) is 0 Å². The average molecular weight is 398 g/mol. The van der Waals surface area contributed by atoms with Gasteiger partial charge in [-0.2, -0.15) is 0 Å². The molecule has 0 saturated carbocycles. The summed E-state index contributed by atoms with van der Waals surface area (Å²) in [4.78, 5) is 15.1. The maximum absolute atomic E-state index is 12.8. The van der Waals surface area contributed by atoms with Crippen LogP contribution in [0.1, 0.15) is 32.8 Å². The molecule has 5 heteroatoms. The van der Waals surface area contributed by atoms with Gasteiger partial charge in [0, 0.05) is 11.0 Å². The highest BCUT2D eigenvalue weighted by Gasteiger charge is 2.35. The zero-order valence-electron chi connectivity index (χ0n) is 15.3. The predicted molar refractivity (Wildman–Crippen MR) is 99.3 cm³/mol. The third-order valence-corrected chi connectivity index (χ3v) is 4.79. The van der Waals surface area contributed by atoms with Crippen LogP contribution in [-0.4, -0.2) is 43.7 Å². The summed E-state index contributed by atoms with van der Waals surface area (Å²) in [6.45, 7) is 7.74. The Labute approximate surface area is 153 Å². The Hall–Kier alpha value is -1.07. The number of ether oxygens (including phenoxy) is 2. The molecule has 1 saturated heterocycles. The number of methoxy groups -OCH3 is 1. The van der Waals surface area contributed by atoms with Gasteiger partial charge >= 0.3 is 5.97 Å². The van der Waals surface area contributed by atoms with E-state index in [1.807, 2.05) is 32.9 Å². The second-order valence-electron chi connectivity index (χ2n) is 7.65. The maximum atomic E-state index is 12.8. The summed E-state index contributed by atoms with van der Waals surface area (Å²) in [7, 11) is 3.76. The van der Waals surface area contributed by atoms with Crippen molar-refractivity contribution in [1.82, 2.24) is 4.90 Å². The lowest BCUT2D eigenvalue weighted by Gasteiger charge is -2.27. The summed E-state index contributed by atoms with van der Waals surface area (Å²) in [6, 6.07) is 5.98. The molecule has 1 heterocycles. The zero-order chi connectivity index (χ0) is 17.9. The quantitative estimate of drug-likeness (QED) is 0.705. The summed E-state index contributed by atoms with van der Waals surface area (Å²) in [5, 5.41) is 0. The molecule has 0 aliphatic carbocycles. The van der Waals surface area contributed by atoms with Crippen LogP contribution in [0.3, 0.4) is 0 Å². The number of carbonyl (C=O) groups excluding carboxylic acids is 1. The molecular weight excluding hydrogens is 370 g/mol. The summed E-state index contributed by atoms with van der Waals surface area (Å²) < 4.78 is 12.0. The second kappa shape index (κ2) is 7.87. The van der Waals surface area contributed by atoms with Crippen molar-refractivity contribution < 1.29 is 14.3 Å². The molecule has 0 spiro atoms. The molecule has 1 fully saturated rings. The number of nitrogens with zero attached hydrogens (tertiary/aromatic N) is 1. The molecule has 0 amide bonds. The topological polar surface area (TPSA) is 38.8 Å². The predicted octanol–water partition coefficient (Wildman–Crippen LogP) is 3.91. The van der Waals surface area contributed by atoms with Crippen LogP contribution in [-0.2, 0) is 16.0 Å². The number of likely N-dealkylation sites (tertiary alicyclic amines) is 1. The van der Waals surface area contributed by atoms with E-state index in [2.05, 4.69) is 33.9 Å². The number of hydrogen-bond donors (Lipinski definition) is 0. The highest BCUT2D eigenvalue weighted by atomic mass is 79.9. The Morgan fingerprint density at radius 1 is 1.38 bits per heavy atom. The first-order valence-corrected chi connectivity index (χ1v) is 9.22. The van der Waals surface area contributed by atoms with Crippen molar-refractivity contribution >= 4 is 21.9 Å². The Kier molecular flexibility index (Phi) is 6.32. The van der Waals surface area contributed by atoms with E-state index in [0.717, 1.165) is 35.3 Å². The molecule has 1 aliphatic heterocycles. The fourth-order valence-electron chi connectivity index (χ4n) is 3.23. The van der Waals surface area contributed by atoms with Gasteiger partial charge in [-0.05, 0) is 76.9 Å². The SMILES string of the molecule is COc1cc(Br)cc(C[C@H](C(=O)OC(C)(C)C)[C@H]2CCN(C)C2)c1. The highest BCUT2D eigenvalue weighted by molar-refractivity contribution is 9.10. The third-order valence-electron chi connectivity index (χ3n) is 4.33. The zero-order valence-corrected chi connectivity index (χ0v) is 16.9. The van der Waals surface area contributed by atoms with E-state index in [9.17, 15) is 4.79 Å². The monoisotopic (exact) mass is 397 g/mol. The number of rotatable bonds is 5. The van der Waals surface area contributed by atoms with Crippen molar-refractivity contribution in [2.24, 2.45) is 11.8 Å². The molecule has 0 aromatic heterocycles. The first-order chi connectivity index (χ1) is 11.2. The van der Waals surface area contributed by atoms with Crippen LogP contribution in [0.5, 0.6) is 5.75 Å². The molecule has 134 valence electrons. The molecule has 4 nitrogen and oxygen atoms in total. The number of esters is 1. The minimum Gasteiger partial charge on any atom is -0.497 e. The van der Waals surface area contributed by atoms with E-state index in [-0.39, 0.29) is 11.9 Å². The van der Waals surface area contributed by atoms with Crippen molar-refractivity contribution in [3.63, 3.8) is 0 Å². The average Bonchev–Trinajstić information content (AvgIpc) is 2.88. The summed E-state index contributed by atoms with van der Waals surface area (Å²) >= 11 is 3.52. The molecule has 0 radical (unpaired) electrons. The van der Waals surface area contributed by atoms with E-state index >= 15 is 0 Å². The minimum atomic E-state index is -0.463. The van der Waals surface area contributed by atoms with Crippen LogP contribution in [0.2, 0.25) is 0 Å². The molecule has 2 rings (SSSR count). The van der Waals surface area contributed by atoms with Gasteiger partial charge in [0.15, 0.2) is 0 Å². The van der Waals surface area contributed by atoms with Crippen molar-refractivity contribution in [3.8, 4) is 5.75 Å². The number of hydrogen-bond acceptors (Lipinski definition) is 4. The maximum Gasteiger partial charge on any atom is 0.310 e. The third kappa shape index (κ3) is 5.49. The van der Waals surface area contributed by atoms with Crippen LogP contribution >= 0.6 is 15.9 Å². The van der Waals surface area contributed by atoms with E-state index in [1.165, 1.54) is 0 Å². The molecule has 0 bridgehead atoms. The molecule has 0 N–H and O–H groups in total. The number of benzene rings is 1. The van der Waals surface area contributed by atoms with E-state index in [0.29, 0.717) is 12.3 Å². The van der Waals surface area contributed by atoms with Crippen molar-refractivity contribution in [2.75, 3.05) is 27.2 Å². The Balaban J connectivity index is 2.22. The lowest BCUT2D eigenvalue weighted by Crippen LogP contribution is -2.34. The van der Waals surface area contributed by atoms with Crippen molar-refractivity contribution in [1.29, 1.82) is 0 Å².